The van der Waals surface area contributed by atoms with Crippen molar-refractivity contribution in [3.05, 3.63) is 29.8 Å². The quantitative estimate of drug-likeness (QED) is 0.570. The summed E-state index contributed by atoms with van der Waals surface area (Å²) in [4.78, 5) is 11.9. The van der Waals surface area contributed by atoms with Crippen molar-refractivity contribution in [1.29, 1.82) is 0 Å². The highest BCUT2D eigenvalue weighted by molar-refractivity contribution is 7.80. The molecule has 0 bridgehead atoms. The van der Waals surface area contributed by atoms with Crippen molar-refractivity contribution in [2.24, 2.45) is 11.7 Å². The Morgan fingerprint density at radius 2 is 2.00 bits per heavy atom. The molecular formula is C15H22N2O2S. The molecular weight excluding hydrogens is 272 g/mol. The van der Waals surface area contributed by atoms with Gasteiger partial charge in [0.2, 0.25) is 0 Å². The zero-order valence-electron chi connectivity index (χ0n) is 12.0. The largest absolute Gasteiger partial charge is 0.484 e. The van der Waals surface area contributed by atoms with E-state index in [2.05, 4.69) is 19.2 Å². The van der Waals surface area contributed by atoms with Crippen LogP contribution in [0.5, 0.6) is 5.75 Å². The molecule has 5 heteroatoms. The molecule has 110 valence electrons. The third-order valence-electron chi connectivity index (χ3n) is 2.79. The predicted octanol–water partition coefficient (Wildman–Crippen LogP) is 2.25. The molecule has 0 radical (unpaired) electrons. The molecule has 1 amide bonds. The summed E-state index contributed by atoms with van der Waals surface area (Å²) >= 11 is 4.86. The van der Waals surface area contributed by atoms with E-state index in [4.69, 9.17) is 22.7 Å². The second-order valence-corrected chi connectivity index (χ2v) is 5.50. The Morgan fingerprint density at radius 3 is 2.55 bits per heavy atom. The van der Waals surface area contributed by atoms with Crippen LogP contribution in [-0.2, 0) is 4.79 Å². The molecule has 1 rings (SSSR count). The van der Waals surface area contributed by atoms with Gasteiger partial charge in [-0.15, -0.1) is 0 Å². The average Bonchev–Trinajstić information content (AvgIpc) is 2.41. The van der Waals surface area contributed by atoms with Crippen molar-refractivity contribution in [3.8, 4) is 5.75 Å². The Morgan fingerprint density at radius 1 is 1.35 bits per heavy atom. The highest BCUT2D eigenvalue weighted by atomic mass is 32.1. The molecule has 0 heterocycles. The van der Waals surface area contributed by atoms with E-state index in [0.717, 1.165) is 18.4 Å². The second kappa shape index (κ2) is 8.53. The fraction of sp³-hybridized carbons (Fsp3) is 0.467. The number of nitrogens with one attached hydrogen (secondary N) is 1. The molecule has 0 aromatic heterocycles. The minimum absolute atomic E-state index is 0.0219. The van der Waals surface area contributed by atoms with Crippen molar-refractivity contribution in [3.63, 3.8) is 0 Å². The summed E-state index contributed by atoms with van der Waals surface area (Å²) in [6, 6.07) is 7.05. The normalized spacial score (nSPS) is 10.3. The first-order chi connectivity index (χ1) is 9.49. The van der Waals surface area contributed by atoms with E-state index in [1.807, 2.05) is 0 Å². The van der Waals surface area contributed by atoms with Crippen molar-refractivity contribution in [1.82, 2.24) is 5.32 Å². The van der Waals surface area contributed by atoms with Gasteiger partial charge in [-0.05, 0) is 43.0 Å². The molecule has 0 aliphatic heterocycles. The number of carbonyl (C=O) groups is 1. The van der Waals surface area contributed by atoms with Crippen molar-refractivity contribution in [2.45, 2.75) is 26.7 Å². The zero-order valence-corrected chi connectivity index (χ0v) is 12.8. The number of ether oxygens (including phenoxy) is 1. The number of amides is 1. The minimum atomic E-state index is -0.104. The summed E-state index contributed by atoms with van der Waals surface area (Å²) < 4.78 is 5.38. The maximum Gasteiger partial charge on any atom is 0.257 e. The molecule has 0 saturated heterocycles. The zero-order chi connectivity index (χ0) is 15.0. The van der Waals surface area contributed by atoms with E-state index in [-0.39, 0.29) is 12.5 Å². The van der Waals surface area contributed by atoms with Crippen molar-refractivity contribution < 1.29 is 9.53 Å². The molecule has 1 aromatic rings. The lowest BCUT2D eigenvalue weighted by molar-refractivity contribution is -0.123. The molecule has 0 fully saturated rings. The standard InChI is InChI=1S/C15H22N2O2S/c1-11(2)4-3-9-17-14(18)10-19-13-7-5-12(6-8-13)15(16)20/h5-8,11H,3-4,9-10H2,1-2H3,(H2,16,20)(H,17,18). The van der Waals surface area contributed by atoms with Crippen LogP contribution in [0.2, 0.25) is 0 Å². The van der Waals surface area contributed by atoms with Crippen LogP contribution >= 0.6 is 12.2 Å². The van der Waals surface area contributed by atoms with Gasteiger partial charge in [-0.3, -0.25) is 4.79 Å². The topological polar surface area (TPSA) is 64.3 Å². The van der Waals surface area contributed by atoms with Crippen LogP contribution < -0.4 is 15.8 Å². The summed E-state index contributed by atoms with van der Waals surface area (Å²) in [6.07, 6.45) is 2.10. The van der Waals surface area contributed by atoms with E-state index in [1.165, 1.54) is 0 Å². The Bertz CT molecular complexity index is 444. The minimum Gasteiger partial charge on any atom is -0.484 e. The Balaban J connectivity index is 2.25. The predicted molar refractivity (Wildman–Crippen MR) is 84.9 cm³/mol. The van der Waals surface area contributed by atoms with Gasteiger partial charge in [0.15, 0.2) is 6.61 Å². The van der Waals surface area contributed by atoms with Crippen LogP contribution in [0.15, 0.2) is 24.3 Å². The molecule has 0 aliphatic rings. The van der Waals surface area contributed by atoms with Gasteiger partial charge in [0.25, 0.3) is 5.91 Å². The highest BCUT2D eigenvalue weighted by Crippen LogP contribution is 2.11. The number of nitrogens with two attached hydrogens (primary N) is 1. The first-order valence-electron chi connectivity index (χ1n) is 6.78. The monoisotopic (exact) mass is 294 g/mol. The summed E-state index contributed by atoms with van der Waals surface area (Å²) in [5.41, 5.74) is 6.28. The van der Waals surface area contributed by atoms with Gasteiger partial charge < -0.3 is 15.8 Å². The molecule has 3 N–H and O–H groups in total. The van der Waals surface area contributed by atoms with E-state index < -0.39 is 0 Å². The van der Waals surface area contributed by atoms with Crippen molar-refractivity contribution >= 4 is 23.1 Å². The van der Waals surface area contributed by atoms with Gasteiger partial charge in [-0.1, -0.05) is 26.1 Å². The molecule has 0 aliphatic carbocycles. The first-order valence-corrected chi connectivity index (χ1v) is 7.19. The molecule has 4 nitrogen and oxygen atoms in total. The van der Waals surface area contributed by atoms with Gasteiger partial charge in [0.1, 0.15) is 10.7 Å². The Kier molecular flexibility index (Phi) is 7.01. The third kappa shape index (κ3) is 6.52. The summed E-state index contributed by atoms with van der Waals surface area (Å²) in [5.74, 6) is 1.18. The number of hydrogen-bond acceptors (Lipinski definition) is 3. The maximum atomic E-state index is 11.6. The van der Waals surface area contributed by atoms with E-state index in [0.29, 0.717) is 23.2 Å². The van der Waals surface area contributed by atoms with E-state index in [9.17, 15) is 4.79 Å². The number of thiocarbonyl (C=S) groups is 1. The number of benzene rings is 1. The van der Waals surface area contributed by atoms with Crippen molar-refractivity contribution in [2.75, 3.05) is 13.2 Å². The van der Waals surface area contributed by atoms with Gasteiger partial charge in [0, 0.05) is 12.1 Å². The van der Waals surface area contributed by atoms with Gasteiger partial charge in [0.05, 0.1) is 0 Å². The lowest BCUT2D eigenvalue weighted by Gasteiger charge is -2.08. The molecule has 0 unspecified atom stereocenters. The fourth-order valence-electron chi connectivity index (χ4n) is 1.65. The summed E-state index contributed by atoms with van der Waals surface area (Å²) in [7, 11) is 0. The fourth-order valence-corrected chi connectivity index (χ4v) is 1.79. The van der Waals surface area contributed by atoms with E-state index in [1.54, 1.807) is 24.3 Å². The van der Waals surface area contributed by atoms with Crippen LogP contribution in [0.3, 0.4) is 0 Å². The smallest absolute Gasteiger partial charge is 0.257 e. The summed E-state index contributed by atoms with van der Waals surface area (Å²) in [6.45, 7) is 5.05. The van der Waals surface area contributed by atoms with E-state index >= 15 is 0 Å². The van der Waals surface area contributed by atoms with Crippen LogP contribution in [0.25, 0.3) is 0 Å². The molecule has 0 atom stereocenters. The van der Waals surface area contributed by atoms with Crippen LogP contribution in [-0.4, -0.2) is 24.0 Å². The lowest BCUT2D eigenvalue weighted by atomic mass is 10.1. The SMILES string of the molecule is CC(C)CCCNC(=O)COc1ccc(C(N)=S)cc1. The van der Waals surface area contributed by atoms with Crippen LogP contribution in [0.1, 0.15) is 32.3 Å². The Hall–Kier alpha value is -1.62. The molecule has 20 heavy (non-hydrogen) atoms. The lowest BCUT2D eigenvalue weighted by Crippen LogP contribution is -2.29. The van der Waals surface area contributed by atoms with Gasteiger partial charge >= 0.3 is 0 Å². The number of rotatable bonds is 8. The second-order valence-electron chi connectivity index (χ2n) is 5.06. The van der Waals surface area contributed by atoms with Crippen LogP contribution in [0.4, 0.5) is 0 Å². The average molecular weight is 294 g/mol. The first kappa shape index (κ1) is 16.4. The molecule has 1 aromatic carbocycles. The molecule has 0 spiro atoms. The Labute approximate surface area is 125 Å². The van der Waals surface area contributed by atoms with Gasteiger partial charge in [-0.2, -0.15) is 0 Å². The third-order valence-corrected chi connectivity index (χ3v) is 3.02. The maximum absolute atomic E-state index is 11.6. The summed E-state index contributed by atoms with van der Waals surface area (Å²) in [5, 5.41) is 2.83. The van der Waals surface area contributed by atoms with Gasteiger partial charge in [-0.25, -0.2) is 0 Å². The van der Waals surface area contributed by atoms with Crippen LogP contribution in [0, 0.1) is 5.92 Å². The number of carbonyl (C=O) groups excluding carboxylic acids is 1. The molecule has 0 saturated carbocycles. The number of hydrogen-bond donors (Lipinski definition) is 2. The highest BCUT2D eigenvalue weighted by Gasteiger charge is 2.03.